The topological polar surface area (TPSA) is 79.5 Å². The highest BCUT2D eigenvalue weighted by Crippen LogP contribution is 2.14. The number of nitrogens with one attached hydrogen (secondary N) is 1. The lowest BCUT2D eigenvalue weighted by molar-refractivity contribution is -0.139. The Balaban J connectivity index is 2.72. The second-order valence-electron chi connectivity index (χ2n) is 4.38. The summed E-state index contributed by atoms with van der Waals surface area (Å²) in [5.74, 6) is -0.657. The lowest BCUT2D eigenvalue weighted by Crippen LogP contribution is -2.40. The SMILES string of the molecule is CCCCC(NC(=O)c1oc(C)cc1C)C(=O)O. The molecule has 0 fully saturated rings. The molecule has 5 heteroatoms. The number of rotatable bonds is 6. The van der Waals surface area contributed by atoms with Crippen molar-refractivity contribution < 1.29 is 19.1 Å². The Labute approximate surface area is 106 Å². The van der Waals surface area contributed by atoms with Crippen LogP contribution in [0.4, 0.5) is 0 Å². The molecule has 0 radical (unpaired) electrons. The molecule has 100 valence electrons. The minimum absolute atomic E-state index is 0.190. The summed E-state index contributed by atoms with van der Waals surface area (Å²) < 4.78 is 5.26. The Morgan fingerprint density at radius 3 is 2.56 bits per heavy atom. The maximum Gasteiger partial charge on any atom is 0.326 e. The summed E-state index contributed by atoms with van der Waals surface area (Å²) in [7, 11) is 0. The zero-order chi connectivity index (χ0) is 13.7. The third kappa shape index (κ3) is 3.61. The van der Waals surface area contributed by atoms with Gasteiger partial charge in [-0.25, -0.2) is 4.79 Å². The summed E-state index contributed by atoms with van der Waals surface area (Å²) in [6, 6.07) is 0.888. The first-order valence-corrected chi connectivity index (χ1v) is 6.06. The minimum atomic E-state index is -1.02. The van der Waals surface area contributed by atoms with Gasteiger partial charge in [0.15, 0.2) is 5.76 Å². The third-order valence-electron chi connectivity index (χ3n) is 2.70. The van der Waals surface area contributed by atoms with E-state index in [4.69, 9.17) is 9.52 Å². The van der Waals surface area contributed by atoms with Crippen LogP contribution in [0.5, 0.6) is 0 Å². The summed E-state index contributed by atoms with van der Waals surface area (Å²) in [6.07, 6.45) is 2.07. The third-order valence-corrected chi connectivity index (χ3v) is 2.70. The number of aryl methyl sites for hydroxylation is 2. The van der Waals surface area contributed by atoms with Gasteiger partial charge in [0.1, 0.15) is 11.8 Å². The van der Waals surface area contributed by atoms with Crippen LogP contribution >= 0.6 is 0 Å². The lowest BCUT2D eigenvalue weighted by Gasteiger charge is -2.13. The van der Waals surface area contributed by atoms with Crippen molar-refractivity contribution in [2.75, 3.05) is 0 Å². The highest BCUT2D eigenvalue weighted by Gasteiger charge is 2.22. The van der Waals surface area contributed by atoms with E-state index in [0.717, 1.165) is 12.8 Å². The van der Waals surface area contributed by atoms with Crippen LogP contribution in [0, 0.1) is 13.8 Å². The summed E-state index contributed by atoms with van der Waals surface area (Å²) >= 11 is 0. The van der Waals surface area contributed by atoms with Crippen molar-refractivity contribution in [3.63, 3.8) is 0 Å². The number of carboxylic acids is 1. The summed E-state index contributed by atoms with van der Waals surface area (Å²) in [5, 5.41) is 11.5. The Hall–Kier alpha value is -1.78. The maximum absolute atomic E-state index is 11.9. The quantitative estimate of drug-likeness (QED) is 0.815. The van der Waals surface area contributed by atoms with Crippen LogP contribution in [-0.4, -0.2) is 23.0 Å². The van der Waals surface area contributed by atoms with Crippen molar-refractivity contribution in [1.82, 2.24) is 5.32 Å². The number of aliphatic carboxylic acids is 1. The summed E-state index contributed by atoms with van der Waals surface area (Å²) in [4.78, 5) is 22.9. The van der Waals surface area contributed by atoms with Crippen molar-refractivity contribution in [2.45, 2.75) is 46.1 Å². The van der Waals surface area contributed by atoms with Crippen molar-refractivity contribution >= 4 is 11.9 Å². The number of amides is 1. The highest BCUT2D eigenvalue weighted by atomic mass is 16.4. The van der Waals surface area contributed by atoms with E-state index >= 15 is 0 Å². The molecule has 1 aromatic rings. The van der Waals surface area contributed by atoms with E-state index in [0.29, 0.717) is 17.7 Å². The Bertz CT molecular complexity index is 436. The number of carboxylic acid groups (broad SMARTS) is 1. The molecule has 0 aliphatic carbocycles. The van der Waals surface area contributed by atoms with Gasteiger partial charge in [0.05, 0.1) is 0 Å². The van der Waals surface area contributed by atoms with Gasteiger partial charge < -0.3 is 14.8 Å². The monoisotopic (exact) mass is 253 g/mol. The maximum atomic E-state index is 11.9. The Morgan fingerprint density at radius 1 is 1.44 bits per heavy atom. The lowest BCUT2D eigenvalue weighted by atomic mass is 10.1. The molecule has 1 amide bonds. The molecule has 1 aromatic heterocycles. The fourth-order valence-electron chi connectivity index (χ4n) is 1.76. The molecule has 0 saturated carbocycles. The smallest absolute Gasteiger partial charge is 0.326 e. The molecule has 0 aliphatic rings. The van der Waals surface area contributed by atoms with E-state index in [2.05, 4.69) is 5.32 Å². The van der Waals surface area contributed by atoms with Gasteiger partial charge in [-0.3, -0.25) is 4.79 Å². The molecular weight excluding hydrogens is 234 g/mol. The molecule has 1 rings (SSSR count). The number of hydrogen-bond donors (Lipinski definition) is 2. The fourth-order valence-corrected chi connectivity index (χ4v) is 1.76. The first-order valence-electron chi connectivity index (χ1n) is 6.06. The van der Waals surface area contributed by atoms with Crippen LogP contribution in [0.1, 0.15) is 48.1 Å². The first kappa shape index (κ1) is 14.3. The van der Waals surface area contributed by atoms with Gasteiger partial charge in [0.2, 0.25) is 0 Å². The number of carbonyl (C=O) groups is 2. The van der Waals surface area contributed by atoms with Gasteiger partial charge in [-0.1, -0.05) is 19.8 Å². The number of furan rings is 1. The van der Waals surface area contributed by atoms with Gasteiger partial charge in [-0.05, 0) is 26.3 Å². The summed E-state index contributed by atoms with van der Waals surface area (Å²) in [6.45, 7) is 5.48. The Kier molecular flexibility index (Phi) is 4.95. The van der Waals surface area contributed by atoms with Gasteiger partial charge in [-0.2, -0.15) is 0 Å². The molecule has 18 heavy (non-hydrogen) atoms. The van der Waals surface area contributed by atoms with E-state index in [1.165, 1.54) is 0 Å². The van der Waals surface area contributed by atoms with Crippen LogP contribution in [-0.2, 0) is 4.79 Å². The van der Waals surface area contributed by atoms with E-state index in [9.17, 15) is 9.59 Å². The molecule has 1 unspecified atom stereocenters. The number of unbranched alkanes of at least 4 members (excludes halogenated alkanes) is 1. The van der Waals surface area contributed by atoms with Gasteiger partial charge in [-0.15, -0.1) is 0 Å². The van der Waals surface area contributed by atoms with Crippen LogP contribution < -0.4 is 5.32 Å². The second kappa shape index (κ2) is 6.23. The standard InChI is InChI=1S/C13H19NO4/c1-4-5-6-10(13(16)17)14-12(15)11-8(2)7-9(3)18-11/h7,10H,4-6H2,1-3H3,(H,14,15)(H,16,17). The molecule has 5 nitrogen and oxygen atoms in total. The number of hydrogen-bond acceptors (Lipinski definition) is 3. The van der Waals surface area contributed by atoms with E-state index in [1.54, 1.807) is 19.9 Å². The van der Waals surface area contributed by atoms with Crippen molar-refractivity contribution in [3.05, 3.63) is 23.2 Å². The van der Waals surface area contributed by atoms with Crippen molar-refractivity contribution in [3.8, 4) is 0 Å². The van der Waals surface area contributed by atoms with Crippen LogP contribution in [0.2, 0.25) is 0 Å². The summed E-state index contributed by atoms with van der Waals surface area (Å²) in [5.41, 5.74) is 0.713. The molecule has 1 atom stereocenters. The van der Waals surface area contributed by atoms with E-state index in [1.807, 2.05) is 6.92 Å². The molecule has 1 heterocycles. The fraction of sp³-hybridized carbons (Fsp3) is 0.538. The zero-order valence-corrected chi connectivity index (χ0v) is 10.9. The zero-order valence-electron chi connectivity index (χ0n) is 10.9. The molecule has 0 bridgehead atoms. The van der Waals surface area contributed by atoms with E-state index < -0.39 is 17.9 Å². The van der Waals surface area contributed by atoms with Crippen LogP contribution in [0.3, 0.4) is 0 Å². The highest BCUT2D eigenvalue weighted by molar-refractivity contribution is 5.95. The molecule has 0 spiro atoms. The van der Waals surface area contributed by atoms with Gasteiger partial charge in [0, 0.05) is 5.56 Å². The molecule has 0 saturated heterocycles. The second-order valence-corrected chi connectivity index (χ2v) is 4.38. The minimum Gasteiger partial charge on any atom is -0.480 e. The molecular formula is C13H19NO4. The molecule has 2 N–H and O–H groups in total. The molecule has 0 aliphatic heterocycles. The van der Waals surface area contributed by atoms with Crippen molar-refractivity contribution in [1.29, 1.82) is 0 Å². The number of carbonyl (C=O) groups excluding carboxylic acids is 1. The Morgan fingerprint density at radius 2 is 2.11 bits per heavy atom. The predicted molar refractivity (Wildman–Crippen MR) is 66.6 cm³/mol. The largest absolute Gasteiger partial charge is 0.480 e. The average molecular weight is 253 g/mol. The normalized spacial score (nSPS) is 12.2. The molecule has 0 aromatic carbocycles. The van der Waals surface area contributed by atoms with Gasteiger partial charge >= 0.3 is 5.97 Å². The van der Waals surface area contributed by atoms with Crippen LogP contribution in [0.25, 0.3) is 0 Å². The van der Waals surface area contributed by atoms with E-state index in [-0.39, 0.29) is 5.76 Å². The average Bonchev–Trinajstić information content (AvgIpc) is 2.63. The predicted octanol–water partition coefficient (Wildman–Crippen LogP) is 2.27. The first-order chi connectivity index (χ1) is 8.45. The van der Waals surface area contributed by atoms with Crippen LogP contribution in [0.15, 0.2) is 10.5 Å². The van der Waals surface area contributed by atoms with Crippen molar-refractivity contribution in [2.24, 2.45) is 0 Å². The van der Waals surface area contributed by atoms with Gasteiger partial charge in [0.25, 0.3) is 5.91 Å².